The quantitative estimate of drug-likeness (QED) is 0.763. The van der Waals surface area contributed by atoms with Gasteiger partial charge in [-0.3, -0.25) is 4.90 Å². The fourth-order valence-corrected chi connectivity index (χ4v) is 1.83. The summed E-state index contributed by atoms with van der Waals surface area (Å²) in [6, 6.07) is 0. The van der Waals surface area contributed by atoms with Crippen molar-refractivity contribution in [1.29, 1.82) is 0 Å². The fourth-order valence-electron chi connectivity index (χ4n) is 1.83. The molecule has 5 heteroatoms. The maximum absolute atomic E-state index is 11.8. The highest BCUT2D eigenvalue weighted by Crippen LogP contribution is 2.33. The molecule has 94 valence electrons. The number of allylic oxidation sites excluding steroid dienone is 1. The smallest absolute Gasteiger partial charge is 0.411 e. The zero-order chi connectivity index (χ0) is 13.1. The highest BCUT2D eigenvalue weighted by atomic mass is 16.6. The SMILES string of the molecule is C=CCOC(=O)N1CC(=CC)C[C@@]1(C)C(=O)O. The molecule has 1 aliphatic heterocycles. The van der Waals surface area contributed by atoms with E-state index in [1.54, 1.807) is 0 Å². The molecule has 1 aliphatic rings. The van der Waals surface area contributed by atoms with Crippen LogP contribution in [0.2, 0.25) is 0 Å². The number of carboxylic acid groups (broad SMARTS) is 1. The Kier molecular flexibility index (Phi) is 3.93. The first-order valence-electron chi connectivity index (χ1n) is 5.38. The average molecular weight is 239 g/mol. The Hall–Kier alpha value is -1.78. The maximum atomic E-state index is 11.8. The second-order valence-corrected chi connectivity index (χ2v) is 4.15. The van der Waals surface area contributed by atoms with Crippen LogP contribution >= 0.6 is 0 Å². The lowest BCUT2D eigenvalue weighted by Gasteiger charge is -2.29. The van der Waals surface area contributed by atoms with Gasteiger partial charge in [-0.05, 0) is 13.8 Å². The van der Waals surface area contributed by atoms with Crippen LogP contribution in [0, 0.1) is 0 Å². The van der Waals surface area contributed by atoms with E-state index in [-0.39, 0.29) is 6.61 Å². The number of carbonyl (C=O) groups is 2. The number of aliphatic carboxylic acids is 1. The van der Waals surface area contributed by atoms with Gasteiger partial charge in [0.05, 0.1) is 0 Å². The van der Waals surface area contributed by atoms with Crippen molar-refractivity contribution in [1.82, 2.24) is 4.90 Å². The molecule has 1 heterocycles. The molecular formula is C12H17NO4. The van der Waals surface area contributed by atoms with Crippen molar-refractivity contribution in [3.05, 3.63) is 24.3 Å². The second-order valence-electron chi connectivity index (χ2n) is 4.15. The molecule has 0 aliphatic carbocycles. The molecular weight excluding hydrogens is 222 g/mol. The molecule has 0 aromatic carbocycles. The first kappa shape index (κ1) is 13.3. The van der Waals surface area contributed by atoms with Gasteiger partial charge in [0.15, 0.2) is 0 Å². The number of rotatable bonds is 3. The second kappa shape index (κ2) is 5.03. The first-order chi connectivity index (χ1) is 7.95. The van der Waals surface area contributed by atoms with Crippen LogP contribution in [0.15, 0.2) is 24.3 Å². The normalized spacial score (nSPS) is 26.0. The van der Waals surface area contributed by atoms with E-state index in [4.69, 9.17) is 4.74 Å². The predicted octanol–water partition coefficient (Wildman–Crippen LogP) is 1.80. The number of hydrogen-bond acceptors (Lipinski definition) is 3. The summed E-state index contributed by atoms with van der Waals surface area (Å²) in [7, 11) is 0. The van der Waals surface area contributed by atoms with Crippen LogP contribution in [0.1, 0.15) is 20.3 Å². The molecule has 0 spiro atoms. The minimum Gasteiger partial charge on any atom is -0.479 e. The van der Waals surface area contributed by atoms with Gasteiger partial charge in [-0.1, -0.05) is 24.3 Å². The molecule has 1 atom stereocenters. The molecule has 5 nitrogen and oxygen atoms in total. The number of ether oxygens (including phenoxy) is 1. The number of carboxylic acids is 1. The van der Waals surface area contributed by atoms with E-state index in [0.29, 0.717) is 13.0 Å². The summed E-state index contributed by atoms with van der Waals surface area (Å²) < 4.78 is 4.89. The van der Waals surface area contributed by atoms with Gasteiger partial charge in [-0.15, -0.1) is 0 Å². The van der Waals surface area contributed by atoms with E-state index < -0.39 is 17.6 Å². The van der Waals surface area contributed by atoms with E-state index >= 15 is 0 Å². The number of carbonyl (C=O) groups excluding carboxylic acids is 1. The Bertz CT molecular complexity index is 375. The minimum absolute atomic E-state index is 0.0796. The van der Waals surface area contributed by atoms with Crippen LogP contribution in [0.25, 0.3) is 0 Å². The van der Waals surface area contributed by atoms with E-state index in [1.165, 1.54) is 17.9 Å². The van der Waals surface area contributed by atoms with E-state index in [0.717, 1.165) is 5.57 Å². The van der Waals surface area contributed by atoms with Crippen molar-refractivity contribution in [2.45, 2.75) is 25.8 Å². The molecule has 1 fully saturated rings. The molecule has 0 aromatic heterocycles. The number of hydrogen-bond donors (Lipinski definition) is 1. The number of likely N-dealkylation sites (tertiary alicyclic amines) is 1. The highest BCUT2D eigenvalue weighted by Gasteiger charge is 2.48. The standard InChI is InChI=1S/C12H17NO4/c1-4-6-17-11(16)13-8-9(5-2)7-12(13,3)10(14)15/h4-5H,1,6-8H2,2-3H3,(H,14,15)/t12-/m0/s1. The number of amides is 1. The monoisotopic (exact) mass is 239 g/mol. The van der Waals surface area contributed by atoms with Gasteiger partial charge in [-0.25, -0.2) is 9.59 Å². The summed E-state index contributed by atoms with van der Waals surface area (Å²) in [5, 5.41) is 9.23. The summed E-state index contributed by atoms with van der Waals surface area (Å²) in [6.45, 7) is 7.18. The van der Waals surface area contributed by atoms with Gasteiger partial charge >= 0.3 is 12.1 Å². The summed E-state index contributed by atoms with van der Waals surface area (Å²) in [6.07, 6.45) is 3.00. The third kappa shape index (κ3) is 2.49. The van der Waals surface area contributed by atoms with Crippen molar-refractivity contribution in [3.63, 3.8) is 0 Å². The molecule has 1 saturated heterocycles. The minimum atomic E-state index is -1.22. The Balaban J connectivity index is 2.91. The topological polar surface area (TPSA) is 66.8 Å². The first-order valence-corrected chi connectivity index (χ1v) is 5.38. The zero-order valence-corrected chi connectivity index (χ0v) is 10.1. The van der Waals surface area contributed by atoms with Crippen molar-refractivity contribution in [2.75, 3.05) is 13.2 Å². The van der Waals surface area contributed by atoms with Crippen LogP contribution in [0.3, 0.4) is 0 Å². The molecule has 0 radical (unpaired) electrons. The molecule has 1 rings (SSSR count). The summed E-state index contributed by atoms with van der Waals surface area (Å²) in [5.41, 5.74) is -0.300. The lowest BCUT2D eigenvalue weighted by atomic mass is 9.97. The lowest BCUT2D eigenvalue weighted by Crippen LogP contribution is -2.50. The molecule has 0 unspecified atom stereocenters. The van der Waals surface area contributed by atoms with Crippen LogP contribution < -0.4 is 0 Å². The van der Waals surface area contributed by atoms with Gasteiger partial charge in [0.1, 0.15) is 12.1 Å². The third-order valence-electron chi connectivity index (χ3n) is 2.94. The van der Waals surface area contributed by atoms with Crippen LogP contribution in [0.5, 0.6) is 0 Å². The van der Waals surface area contributed by atoms with Gasteiger partial charge < -0.3 is 9.84 Å². The van der Waals surface area contributed by atoms with Crippen molar-refractivity contribution in [3.8, 4) is 0 Å². The highest BCUT2D eigenvalue weighted by molar-refractivity contribution is 5.85. The average Bonchev–Trinajstić information content (AvgIpc) is 2.65. The third-order valence-corrected chi connectivity index (χ3v) is 2.94. The van der Waals surface area contributed by atoms with Crippen molar-refractivity contribution >= 4 is 12.1 Å². The maximum Gasteiger partial charge on any atom is 0.411 e. The number of nitrogens with zero attached hydrogens (tertiary/aromatic N) is 1. The molecule has 1 N–H and O–H groups in total. The molecule has 0 aromatic rings. The Labute approximate surface area is 100 Å². The van der Waals surface area contributed by atoms with Crippen LogP contribution in [0.4, 0.5) is 4.79 Å². The lowest BCUT2D eigenvalue weighted by molar-refractivity contribution is -0.147. The molecule has 17 heavy (non-hydrogen) atoms. The molecule has 0 bridgehead atoms. The van der Waals surface area contributed by atoms with Gasteiger partial charge in [-0.2, -0.15) is 0 Å². The van der Waals surface area contributed by atoms with Crippen molar-refractivity contribution < 1.29 is 19.4 Å². The molecule has 0 saturated carbocycles. The summed E-state index contributed by atoms with van der Waals surface area (Å²) >= 11 is 0. The Morgan fingerprint density at radius 1 is 1.65 bits per heavy atom. The summed E-state index contributed by atoms with van der Waals surface area (Å²) in [5.74, 6) is -1.02. The van der Waals surface area contributed by atoms with E-state index in [1.807, 2.05) is 13.0 Å². The van der Waals surface area contributed by atoms with Gasteiger partial charge in [0.25, 0.3) is 0 Å². The van der Waals surface area contributed by atoms with E-state index in [9.17, 15) is 14.7 Å². The van der Waals surface area contributed by atoms with Crippen LogP contribution in [-0.4, -0.2) is 40.8 Å². The largest absolute Gasteiger partial charge is 0.479 e. The van der Waals surface area contributed by atoms with Crippen molar-refractivity contribution in [2.24, 2.45) is 0 Å². The van der Waals surface area contributed by atoms with Gasteiger partial charge in [0.2, 0.25) is 0 Å². The summed E-state index contributed by atoms with van der Waals surface area (Å²) in [4.78, 5) is 24.3. The molecule has 1 amide bonds. The van der Waals surface area contributed by atoms with Crippen LogP contribution in [-0.2, 0) is 9.53 Å². The van der Waals surface area contributed by atoms with Gasteiger partial charge in [0, 0.05) is 13.0 Å². The fraction of sp³-hybridized carbons (Fsp3) is 0.500. The zero-order valence-electron chi connectivity index (χ0n) is 10.1. The predicted molar refractivity (Wildman–Crippen MR) is 62.7 cm³/mol. The van der Waals surface area contributed by atoms with E-state index in [2.05, 4.69) is 6.58 Å². The Morgan fingerprint density at radius 2 is 2.29 bits per heavy atom. The Morgan fingerprint density at radius 3 is 2.76 bits per heavy atom.